The van der Waals surface area contributed by atoms with Crippen molar-refractivity contribution in [3.05, 3.63) is 30.0 Å². The van der Waals surface area contributed by atoms with E-state index < -0.39 is 37.3 Å². The molecular weight excluding hydrogens is 364 g/mol. The largest absolute Gasteiger partial charge is 0.461 e. The van der Waals surface area contributed by atoms with Gasteiger partial charge >= 0.3 is 0 Å². The average molecular weight is 392 g/mol. The lowest BCUT2D eigenvalue weighted by atomic mass is 9.99. The summed E-state index contributed by atoms with van der Waals surface area (Å²) < 4.78 is 11.4. The number of rotatable bonds is 7. The van der Waals surface area contributed by atoms with Crippen molar-refractivity contribution < 1.29 is 29.9 Å². The third kappa shape index (κ3) is 3.76. The van der Waals surface area contributed by atoms with Crippen molar-refractivity contribution in [2.75, 3.05) is 20.2 Å². The summed E-state index contributed by atoms with van der Waals surface area (Å²) in [4.78, 5) is 5.61. The molecular formula is C20H28N2O6. The Balaban J connectivity index is 1.55. The zero-order valence-electron chi connectivity index (χ0n) is 15.9. The number of hydrogen-bond acceptors (Lipinski definition) is 7. The van der Waals surface area contributed by atoms with Gasteiger partial charge in [-0.05, 0) is 44.0 Å². The Morgan fingerprint density at radius 2 is 1.96 bits per heavy atom. The molecule has 0 spiro atoms. The number of ether oxygens (including phenoxy) is 2. The molecule has 5 unspecified atom stereocenters. The van der Waals surface area contributed by atoms with Gasteiger partial charge in [0.05, 0.1) is 6.61 Å². The maximum atomic E-state index is 10.3. The molecule has 1 aliphatic heterocycles. The van der Waals surface area contributed by atoms with E-state index in [4.69, 9.17) is 9.47 Å². The Kier molecular flexibility index (Phi) is 5.59. The Morgan fingerprint density at radius 3 is 2.68 bits per heavy atom. The molecule has 4 rings (SSSR count). The molecule has 5 N–H and O–H groups in total. The average Bonchev–Trinajstić information content (AvgIpc) is 3.47. The highest BCUT2D eigenvalue weighted by atomic mass is 16.7. The molecule has 2 heterocycles. The maximum Gasteiger partial charge on any atom is 0.229 e. The van der Waals surface area contributed by atoms with Gasteiger partial charge < -0.3 is 39.8 Å². The summed E-state index contributed by atoms with van der Waals surface area (Å²) in [5.41, 5.74) is 2.01. The van der Waals surface area contributed by atoms with E-state index in [2.05, 4.69) is 16.9 Å². The van der Waals surface area contributed by atoms with Crippen LogP contribution in [0.4, 0.5) is 0 Å². The van der Waals surface area contributed by atoms with Gasteiger partial charge in [0.1, 0.15) is 30.2 Å². The quantitative estimate of drug-likeness (QED) is 0.449. The lowest BCUT2D eigenvalue weighted by Crippen LogP contribution is -2.60. The predicted molar refractivity (Wildman–Crippen MR) is 102 cm³/mol. The maximum absolute atomic E-state index is 10.3. The predicted octanol–water partition coefficient (Wildman–Crippen LogP) is -0.0167. The van der Waals surface area contributed by atoms with Crippen molar-refractivity contribution in [3.8, 4) is 5.75 Å². The highest BCUT2D eigenvalue weighted by molar-refractivity contribution is 5.89. The van der Waals surface area contributed by atoms with Crippen LogP contribution in [-0.4, -0.2) is 87.3 Å². The zero-order valence-corrected chi connectivity index (χ0v) is 15.9. The van der Waals surface area contributed by atoms with E-state index in [1.54, 1.807) is 6.07 Å². The number of aromatic nitrogens is 1. The van der Waals surface area contributed by atoms with Crippen LogP contribution in [-0.2, 0) is 11.2 Å². The van der Waals surface area contributed by atoms with Crippen LogP contribution < -0.4 is 4.74 Å². The second-order valence-corrected chi connectivity index (χ2v) is 7.77. The summed E-state index contributed by atoms with van der Waals surface area (Å²) in [7, 11) is 2.14. The molecule has 1 aromatic heterocycles. The van der Waals surface area contributed by atoms with Gasteiger partial charge in [0.15, 0.2) is 0 Å². The normalized spacial score (nSPS) is 30.9. The topological polar surface area (TPSA) is 118 Å². The molecule has 5 atom stereocenters. The lowest BCUT2D eigenvalue weighted by molar-refractivity contribution is -0.277. The van der Waals surface area contributed by atoms with Gasteiger partial charge in [-0.25, -0.2) is 0 Å². The Labute approximate surface area is 163 Å². The monoisotopic (exact) mass is 392 g/mol. The molecule has 8 nitrogen and oxygen atoms in total. The van der Waals surface area contributed by atoms with E-state index >= 15 is 0 Å². The molecule has 28 heavy (non-hydrogen) atoms. The van der Waals surface area contributed by atoms with E-state index in [0.29, 0.717) is 11.8 Å². The first-order valence-corrected chi connectivity index (χ1v) is 9.76. The fourth-order valence-electron chi connectivity index (χ4n) is 3.80. The molecule has 0 amide bonds. The van der Waals surface area contributed by atoms with Crippen molar-refractivity contribution in [1.82, 2.24) is 9.88 Å². The first-order valence-electron chi connectivity index (χ1n) is 9.76. The van der Waals surface area contributed by atoms with Crippen LogP contribution in [0.3, 0.4) is 0 Å². The van der Waals surface area contributed by atoms with Crippen LogP contribution in [0.25, 0.3) is 10.9 Å². The summed E-state index contributed by atoms with van der Waals surface area (Å²) >= 11 is 0. The third-order valence-corrected chi connectivity index (χ3v) is 5.74. The van der Waals surface area contributed by atoms with Gasteiger partial charge in [-0.2, -0.15) is 0 Å². The lowest BCUT2D eigenvalue weighted by Gasteiger charge is -2.39. The highest BCUT2D eigenvalue weighted by Gasteiger charge is 2.44. The zero-order chi connectivity index (χ0) is 19.8. The van der Waals surface area contributed by atoms with Crippen molar-refractivity contribution >= 4 is 10.9 Å². The number of fused-ring (bicyclic) bond motifs is 1. The van der Waals surface area contributed by atoms with Crippen LogP contribution in [0.1, 0.15) is 18.4 Å². The molecule has 1 aliphatic carbocycles. The van der Waals surface area contributed by atoms with Crippen molar-refractivity contribution in [3.63, 3.8) is 0 Å². The molecule has 0 radical (unpaired) electrons. The Hall–Kier alpha value is -1.68. The number of nitrogens with one attached hydrogen (secondary N) is 1. The number of aromatic amines is 1. The summed E-state index contributed by atoms with van der Waals surface area (Å²) in [5, 5.41) is 40.5. The molecule has 1 saturated carbocycles. The molecule has 0 bridgehead atoms. The summed E-state index contributed by atoms with van der Waals surface area (Å²) in [6.45, 7) is 0.448. The smallest absolute Gasteiger partial charge is 0.229 e. The standard InChI is InChI=1S/C20H28N2O6/c1-22(12-5-6-12)8-7-11-9-21-13-3-2-4-14(16(11)13)27-20-19(26)18(25)17(24)15(10-23)28-20/h2-4,9,12,15,17-21,23-26H,5-8,10H2,1H3. The van der Waals surface area contributed by atoms with Gasteiger partial charge in [0.25, 0.3) is 0 Å². The number of hydrogen-bond donors (Lipinski definition) is 5. The molecule has 2 fully saturated rings. The molecule has 154 valence electrons. The van der Waals surface area contributed by atoms with E-state index in [9.17, 15) is 20.4 Å². The van der Waals surface area contributed by atoms with Gasteiger partial charge in [-0.1, -0.05) is 6.07 Å². The minimum atomic E-state index is -1.46. The van der Waals surface area contributed by atoms with Crippen molar-refractivity contribution in [2.24, 2.45) is 0 Å². The van der Waals surface area contributed by atoms with E-state index in [1.807, 2.05) is 18.3 Å². The van der Waals surface area contributed by atoms with Crippen LogP contribution in [0.15, 0.2) is 24.4 Å². The number of H-pyrrole nitrogens is 1. The van der Waals surface area contributed by atoms with Crippen LogP contribution >= 0.6 is 0 Å². The van der Waals surface area contributed by atoms with Crippen LogP contribution in [0, 0.1) is 0 Å². The van der Waals surface area contributed by atoms with E-state index in [1.165, 1.54) is 12.8 Å². The number of benzene rings is 1. The van der Waals surface area contributed by atoms with Crippen LogP contribution in [0.2, 0.25) is 0 Å². The first kappa shape index (κ1) is 19.6. The Bertz CT molecular complexity index is 805. The third-order valence-electron chi connectivity index (χ3n) is 5.74. The molecule has 1 saturated heterocycles. The van der Waals surface area contributed by atoms with Gasteiger partial charge in [0.2, 0.25) is 6.29 Å². The van der Waals surface area contributed by atoms with Gasteiger partial charge in [-0.15, -0.1) is 0 Å². The fraction of sp³-hybridized carbons (Fsp3) is 0.600. The minimum Gasteiger partial charge on any atom is -0.461 e. The van der Waals surface area contributed by atoms with E-state index in [-0.39, 0.29) is 0 Å². The second kappa shape index (κ2) is 7.98. The second-order valence-electron chi connectivity index (χ2n) is 7.77. The molecule has 8 heteroatoms. The van der Waals surface area contributed by atoms with Gasteiger partial charge in [0, 0.05) is 29.7 Å². The molecule has 1 aromatic carbocycles. The number of likely N-dealkylation sites (N-methyl/N-ethyl adjacent to an activating group) is 1. The fourth-order valence-corrected chi connectivity index (χ4v) is 3.80. The summed E-state index contributed by atoms with van der Waals surface area (Å²) in [5.74, 6) is 0.521. The molecule has 2 aromatic rings. The van der Waals surface area contributed by atoms with Crippen molar-refractivity contribution in [1.29, 1.82) is 0 Å². The van der Waals surface area contributed by atoms with E-state index in [0.717, 1.165) is 29.4 Å². The number of aliphatic hydroxyl groups excluding tert-OH is 4. The SMILES string of the molecule is CN(CCc1c[nH]c2cccc(OC3OC(CO)C(O)C(O)C3O)c12)C1CC1. The summed E-state index contributed by atoms with van der Waals surface area (Å²) in [6.07, 6.45) is -1.17. The molecule has 2 aliphatic rings. The summed E-state index contributed by atoms with van der Waals surface area (Å²) in [6, 6.07) is 6.25. The Morgan fingerprint density at radius 1 is 1.18 bits per heavy atom. The minimum absolute atomic E-state index is 0.488. The van der Waals surface area contributed by atoms with Crippen molar-refractivity contribution in [2.45, 2.75) is 56.0 Å². The first-order chi connectivity index (χ1) is 13.5. The van der Waals surface area contributed by atoms with Gasteiger partial charge in [-0.3, -0.25) is 0 Å². The number of nitrogens with zero attached hydrogens (tertiary/aromatic N) is 1. The van der Waals surface area contributed by atoms with Crippen LogP contribution in [0.5, 0.6) is 5.75 Å². The number of aliphatic hydroxyl groups is 4. The highest BCUT2D eigenvalue weighted by Crippen LogP contribution is 2.33.